The van der Waals surface area contributed by atoms with E-state index in [2.05, 4.69) is 10.2 Å². The lowest BCUT2D eigenvalue weighted by Crippen LogP contribution is -2.45. The summed E-state index contributed by atoms with van der Waals surface area (Å²) >= 11 is 0. The Hall–Kier alpha value is -1.96. The zero-order chi connectivity index (χ0) is 15.6. The molecule has 2 heterocycles. The zero-order valence-corrected chi connectivity index (χ0v) is 12.5. The van der Waals surface area contributed by atoms with Gasteiger partial charge in [0, 0.05) is 13.0 Å². The average Bonchev–Trinajstić information content (AvgIpc) is 3.04. The number of Topliss-reactive ketones (excluding diaryl/α,β-unsaturated/α-hetero) is 1. The summed E-state index contributed by atoms with van der Waals surface area (Å²) < 4.78 is 5.36. The molecule has 8 heteroatoms. The summed E-state index contributed by atoms with van der Waals surface area (Å²) in [4.78, 5) is 27.2. The Labute approximate surface area is 123 Å². The van der Waals surface area contributed by atoms with Crippen LogP contribution in [0.3, 0.4) is 0 Å². The lowest BCUT2D eigenvalue weighted by molar-refractivity contribution is -0.122. The van der Waals surface area contributed by atoms with E-state index in [1.54, 1.807) is 33.2 Å². The Morgan fingerprint density at radius 3 is 2.48 bits per heavy atom. The van der Waals surface area contributed by atoms with Gasteiger partial charge in [0.05, 0.1) is 31.0 Å². The number of hydrogen-bond donors (Lipinski definition) is 1. The normalized spacial score (nSPS) is 22.4. The van der Waals surface area contributed by atoms with Crippen molar-refractivity contribution in [3.8, 4) is 0 Å². The van der Waals surface area contributed by atoms with Gasteiger partial charge < -0.3 is 10.5 Å². The van der Waals surface area contributed by atoms with Gasteiger partial charge >= 0.3 is 6.09 Å². The fourth-order valence-electron chi connectivity index (χ4n) is 2.36. The smallest absolute Gasteiger partial charge is 0.410 e. The lowest BCUT2D eigenvalue weighted by atomic mass is 10.1. The molecule has 0 saturated carbocycles. The molecule has 1 fully saturated rings. The molecule has 0 aliphatic carbocycles. The van der Waals surface area contributed by atoms with Crippen LogP contribution < -0.4 is 5.73 Å². The Balaban J connectivity index is 2.16. The van der Waals surface area contributed by atoms with Gasteiger partial charge in [0.2, 0.25) is 0 Å². The van der Waals surface area contributed by atoms with Crippen molar-refractivity contribution in [3.05, 3.63) is 12.4 Å². The van der Waals surface area contributed by atoms with E-state index >= 15 is 0 Å². The van der Waals surface area contributed by atoms with Crippen LogP contribution >= 0.6 is 0 Å². The van der Waals surface area contributed by atoms with E-state index in [0.717, 1.165) is 0 Å². The molecule has 1 aromatic heterocycles. The minimum Gasteiger partial charge on any atom is -0.444 e. The van der Waals surface area contributed by atoms with E-state index in [-0.39, 0.29) is 18.4 Å². The number of amides is 1. The molecule has 0 radical (unpaired) electrons. The van der Waals surface area contributed by atoms with Gasteiger partial charge in [-0.3, -0.25) is 9.69 Å². The van der Waals surface area contributed by atoms with Crippen molar-refractivity contribution in [2.45, 2.75) is 44.9 Å². The number of nitrogens with two attached hydrogens (primary N) is 1. The summed E-state index contributed by atoms with van der Waals surface area (Å²) in [6.07, 6.45) is 3.07. The van der Waals surface area contributed by atoms with Gasteiger partial charge in [0.1, 0.15) is 5.60 Å². The maximum Gasteiger partial charge on any atom is 0.410 e. The first kappa shape index (κ1) is 15.4. The number of likely N-dealkylation sites (tertiary alicyclic amines) is 1. The second kappa shape index (κ2) is 5.80. The molecule has 1 aromatic rings. The van der Waals surface area contributed by atoms with Crippen LogP contribution in [-0.2, 0) is 9.53 Å². The van der Waals surface area contributed by atoms with Crippen molar-refractivity contribution in [3.63, 3.8) is 0 Å². The van der Waals surface area contributed by atoms with Crippen LogP contribution in [0, 0.1) is 0 Å². The molecule has 2 rings (SSSR count). The molecule has 1 aliphatic heterocycles. The minimum atomic E-state index is -0.616. The van der Waals surface area contributed by atoms with Crippen LogP contribution in [0.15, 0.2) is 12.4 Å². The number of ether oxygens (including phenoxy) is 1. The Bertz CT molecular complexity index is 508. The topological polar surface area (TPSA) is 103 Å². The molecular weight excluding hydrogens is 274 g/mol. The number of aromatic nitrogens is 3. The van der Waals surface area contributed by atoms with Gasteiger partial charge in [0.15, 0.2) is 5.78 Å². The summed E-state index contributed by atoms with van der Waals surface area (Å²) in [6.45, 7) is 5.58. The maximum atomic E-state index is 12.3. The van der Waals surface area contributed by atoms with Gasteiger partial charge in [-0.25, -0.2) is 4.79 Å². The summed E-state index contributed by atoms with van der Waals surface area (Å²) in [5.74, 6) is -0.185. The Morgan fingerprint density at radius 1 is 1.33 bits per heavy atom. The number of carbonyl (C=O) groups excluding carboxylic acids is 2. The van der Waals surface area contributed by atoms with E-state index in [1.807, 2.05) is 0 Å². The van der Waals surface area contributed by atoms with Gasteiger partial charge in [-0.1, -0.05) is 0 Å². The highest BCUT2D eigenvalue weighted by Crippen LogP contribution is 2.28. The molecule has 0 unspecified atom stereocenters. The van der Waals surface area contributed by atoms with Crippen LogP contribution in [-0.4, -0.2) is 56.5 Å². The quantitative estimate of drug-likeness (QED) is 0.863. The molecule has 1 amide bonds. The van der Waals surface area contributed by atoms with Crippen LogP contribution in [0.4, 0.5) is 4.79 Å². The molecule has 116 valence electrons. The Morgan fingerprint density at radius 2 is 1.95 bits per heavy atom. The monoisotopic (exact) mass is 295 g/mol. The first-order valence-corrected chi connectivity index (χ1v) is 6.90. The predicted molar refractivity (Wildman–Crippen MR) is 74.5 cm³/mol. The lowest BCUT2D eigenvalue weighted by Gasteiger charge is -2.27. The van der Waals surface area contributed by atoms with Gasteiger partial charge in [-0.15, -0.1) is 0 Å². The average molecular weight is 295 g/mol. The highest BCUT2D eigenvalue weighted by atomic mass is 16.6. The molecule has 1 aliphatic rings. The third-order valence-corrected chi connectivity index (χ3v) is 3.24. The van der Waals surface area contributed by atoms with Gasteiger partial charge in [-0.05, 0) is 20.8 Å². The fourth-order valence-corrected chi connectivity index (χ4v) is 2.36. The van der Waals surface area contributed by atoms with Crippen LogP contribution in [0.5, 0.6) is 0 Å². The molecule has 8 nitrogen and oxygen atoms in total. The second-order valence-electron chi connectivity index (χ2n) is 6.06. The van der Waals surface area contributed by atoms with Gasteiger partial charge in [-0.2, -0.15) is 15.0 Å². The summed E-state index contributed by atoms with van der Waals surface area (Å²) in [6, 6.07) is -0.728. The molecular formula is C13H21N5O3. The fraction of sp³-hybridized carbons (Fsp3) is 0.692. The number of ketones is 1. The SMILES string of the molecule is CC(C)(C)OC(=O)N1C[C@@H](n2nccn2)C[C@H]1C(=O)CN. The molecule has 21 heavy (non-hydrogen) atoms. The van der Waals surface area contributed by atoms with Crippen LogP contribution in [0.1, 0.15) is 33.2 Å². The molecule has 0 bridgehead atoms. The van der Waals surface area contributed by atoms with Crippen molar-refractivity contribution in [1.29, 1.82) is 0 Å². The van der Waals surface area contributed by atoms with Gasteiger partial charge in [0.25, 0.3) is 0 Å². The van der Waals surface area contributed by atoms with E-state index in [4.69, 9.17) is 10.5 Å². The van der Waals surface area contributed by atoms with Crippen molar-refractivity contribution in [2.24, 2.45) is 5.73 Å². The number of hydrogen-bond acceptors (Lipinski definition) is 6. The van der Waals surface area contributed by atoms with Crippen LogP contribution in [0.2, 0.25) is 0 Å². The zero-order valence-electron chi connectivity index (χ0n) is 12.5. The van der Waals surface area contributed by atoms with E-state index in [0.29, 0.717) is 13.0 Å². The van der Waals surface area contributed by atoms with Crippen molar-refractivity contribution in [1.82, 2.24) is 19.9 Å². The number of carbonyl (C=O) groups is 2. The van der Waals surface area contributed by atoms with Crippen LogP contribution in [0.25, 0.3) is 0 Å². The predicted octanol–water partition coefficient (Wildman–Crippen LogP) is 0.356. The third kappa shape index (κ3) is 3.57. The summed E-state index contributed by atoms with van der Waals surface area (Å²) in [7, 11) is 0. The van der Waals surface area contributed by atoms with Crippen molar-refractivity contribution < 1.29 is 14.3 Å². The first-order valence-electron chi connectivity index (χ1n) is 6.90. The summed E-state index contributed by atoms with van der Waals surface area (Å²) in [5, 5.41) is 8.14. The Kier molecular flexibility index (Phi) is 4.26. The molecule has 0 aromatic carbocycles. The maximum absolute atomic E-state index is 12.3. The highest BCUT2D eigenvalue weighted by molar-refractivity contribution is 5.89. The minimum absolute atomic E-state index is 0.108. The number of nitrogens with zero attached hydrogens (tertiary/aromatic N) is 4. The largest absolute Gasteiger partial charge is 0.444 e. The highest BCUT2D eigenvalue weighted by Gasteiger charge is 2.42. The van der Waals surface area contributed by atoms with Crippen molar-refractivity contribution in [2.75, 3.05) is 13.1 Å². The second-order valence-corrected chi connectivity index (χ2v) is 6.06. The third-order valence-electron chi connectivity index (χ3n) is 3.24. The molecule has 2 N–H and O–H groups in total. The number of rotatable bonds is 3. The molecule has 2 atom stereocenters. The summed E-state index contributed by atoms with van der Waals surface area (Å²) in [5.41, 5.74) is 4.82. The molecule has 0 spiro atoms. The van der Waals surface area contributed by atoms with E-state index in [9.17, 15) is 9.59 Å². The van der Waals surface area contributed by atoms with Crippen molar-refractivity contribution >= 4 is 11.9 Å². The van der Waals surface area contributed by atoms with E-state index < -0.39 is 17.7 Å². The van der Waals surface area contributed by atoms with E-state index in [1.165, 1.54) is 9.70 Å². The standard InChI is InChI=1S/C13H21N5O3/c1-13(2,3)21-12(20)17-8-9(18-15-4-5-16-18)6-10(17)11(19)7-14/h4-5,9-10H,6-8,14H2,1-3H3/t9-,10-/m0/s1. The first-order chi connectivity index (χ1) is 9.81. The molecule has 1 saturated heterocycles.